The van der Waals surface area contributed by atoms with Crippen molar-refractivity contribution < 1.29 is 18.7 Å². The Bertz CT molecular complexity index is 826. The fourth-order valence-corrected chi connectivity index (χ4v) is 3.59. The van der Waals surface area contributed by atoms with Crippen LogP contribution in [0.25, 0.3) is 0 Å². The van der Waals surface area contributed by atoms with Crippen LogP contribution in [0.2, 0.25) is 0 Å². The molecule has 1 aromatic carbocycles. The number of carbonyl (C=O) groups is 1. The van der Waals surface area contributed by atoms with Crippen LogP contribution < -0.4 is 0 Å². The van der Waals surface area contributed by atoms with Gasteiger partial charge in [-0.1, -0.05) is 6.07 Å². The predicted octanol–water partition coefficient (Wildman–Crippen LogP) is 1.68. The molecule has 1 atom stereocenters. The summed E-state index contributed by atoms with van der Waals surface area (Å²) in [5, 5.41) is 15.1. The Hall–Kier alpha value is -2.32. The van der Waals surface area contributed by atoms with Gasteiger partial charge in [-0.3, -0.25) is 14.4 Å². The van der Waals surface area contributed by atoms with Gasteiger partial charge in [0.05, 0.1) is 6.20 Å². The zero-order valence-corrected chi connectivity index (χ0v) is 15.5. The van der Waals surface area contributed by atoms with E-state index < -0.39 is 17.2 Å². The smallest absolute Gasteiger partial charge is 0.256 e. The number of nitrogens with zero attached hydrogens (tertiary/aromatic N) is 4. The number of hydrogen-bond acceptors (Lipinski definition) is 4. The van der Waals surface area contributed by atoms with Crippen molar-refractivity contribution in [3.05, 3.63) is 53.4 Å². The van der Waals surface area contributed by atoms with Gasteiger partial charge in [0, 0.05) is 45.0 Å². The Labute approximate surface area is 157 Å². The summed E-state index contributed by atoms with van der Waals surface area (Å²) in [6, 6.07) is 3.59. The molecule has 1 amide bonds. The lowest BCUT2D eigenvalue weighted by Gasteiger charge is -2.40. The normalized spacial score (nSPS) is 20.5. The lowest BCUT2D eigenvalue weighted by molar-refractivity contribution is -0.160. The molecule has 2 aromatic rings. The molecular weight excluding hydrogens is 354 g/mol. The highest BCUT2D eigenvalue weighted by atomic mass is 19.2. The van der Waals surface area contributed by atoms with Gasteiger partial charge in [0.2, 0.25) is 0 Å². The van der Waals surface area contributed by atoms with Gasteiger partial charge in [0.15, 0.2) is 17.2 Å². The Morgan fingerprint density at radius 1 is 1.30 bits per heavy atom. The van der Waals surface area contributed by atoms with E-state index in [1.54, 1.807) is 10.9 Å². The molecule has 1 fully saturated rings. The molecule has 0 aliphatic carbocycles. The molecular formula is C19H24F2N4O2. The predicted molar refractivity (Wildman–Crippen MR) is 95.5 cm³/mol. The molecule has 0 radical (unpaired) electrons. The molecule has 27 heavy (non-hydrogen) atoms. The SMILES string of the molecule is CN(Cc1cnn(C)c1)C[C@@]1(O)CCCN(Cc2ccc(F)c(F)c2)C1=O. The molecule has 0 unspecified atom stereocenters. The number of likely N-dealkylation sites (tertiary alicyclic amines) is 1. The molecule has 1 aliphatic heterocycles. The molecule has 1 aromatic heterocycles. The van der Waals surface area contributed by atoms with Crippen molar-refractivity contribution in [2.75, 3.05) is 20.1 Å². The Morgan fingerprint density at radius 3 is 2.74 bits per heavy atom. The number of piperidine rings is 1. The lowest BCUT2D eigenvalue weighted by atomic mass is 9.90. The van der Waals surface area contributed by atoms with Crippen molar-refractivity contribution in [3.8, 4) is 0 Å². The van der Waals surface area contributed by atoms with Crippen LogP contribution in [-0.2, 0) is 24.9 Å². The third-order valence-corrected chi connectivity index (χ3v) is 4.80. The second-order valence-corrected chi connectivity index (χ2v) is 7.30. The maximum Gasteiger partial charge on any atom is 0.256 e. The zero-order chi connectivity index (χ0) is 19.6. The molecule has 6 nitrogen and oxygen atoms in total. The van der Waals surface area contributed by atoms with Gasteiger partial charge in [-0.2, -0.15) is 5.10 Å². The van der Waals surface area contributed by atoms with E-state index in [0.29, 0.717) is 31.5 Å². The highest BCUT2D eigenvalue weighted by Gasteiger charge is 2.42. The van der Waals surface area contributed by atoms with Gasteiger partial charge >= 0.3 is 0 Å². The first-order valence-electron chi connectivity index (χ1n) is 8.88. The van der Waals surface area contributed by atoms with E-state index in [2.05, 4.69) is 5.10 Å². The van der Waals surface area contributed by atoms with Gasteiger partial charge < -0.3 is 10.0 Å². The second-order valence-electron chi connectivity index (χ2n) is 7.30. The molecule has 2 heterocycles. The average molecular weight is 378 g/mol. The minimum absolute atomic E-state index is 0.144. The highest BCUT2D eigenvalue weighted by Crippen LogP contribution is 2.26. The van der Waals surface area contributed by atoms with E-state index in [1.165, 1.54) is 11.0 Å². The van der Waals surface area contributed by atoms with Crippen molar-refractivity contribution in [1.82, 2.24) is 19.6 Å². The number of carbonyl (C=O) groups excluding carboxylic acids is 1. The van der Waals surface area contributed by atoms with Crippen LogP contribution in [0.4, 0.5) is 8.78 Å². The first kappa shape index (κ1) is 19.4. The average Bonchev–Trinajstić information content (AvgIpc) is 3.00. The first-order valence-corrected chi connectivity index (χ1v) is 8.88. The summed E-state index contributed by atoms with van der Waals surface area (Å²) < 4.78 is 28.2. The van der Waals surface area contributed by atoms with Gasteiger partial charge in [-0.25, -0.2) is 8.78 Å². The topological polar surface area (TPSA) is 61.6 Å². The molecule has 0 bridgehead atoms. The summed E-state index contributed by atoms with van der Waals surface area (Å²) >= 11 is 0. The Morgan fingerprint density at radius 2 is 2.07 bits per heavy atom. The summed E-state index contributed by atoms with van der Waals surface area (Å²) in [6.45, 7) is 1.37. The van der Waals surface area contributed by atoms with Crippen LogP contribution in [0.3, 0.4) is 0 Å². The summed E-state index contributed by atoms with van der Waals surface area (Å²) in [6.07, 6.45) is 4.65. The molecule has 3 rings (SSSR count). The molecule has 8 heteroatoms. The molecule has 146 valence electrons. The fourth-order valence-electron chi connectivity index (χ4n) is 3.59. The van der Waals surface area contributed by atoms with Crippen LogP contribution in [0.5, 0.6) is 0 Å². The van der Waals surface area contributed by atoms with E-state index >= 15 is 0 Å². The van der Waals surface area contributed by atoms with E-state index in [4.69, 9.17) is 0 Å². The Balaban J connectivity index is 1.66. The number of aliphatic hydroxyl groups is 1. The molecule has 1 saturated heterocycles. The number of hydrogen-bond donors (Lipinski definition) is 1. The number of rotatable bonds is 6. The third kappa shape index (κ3) is 4.51. The summed E-state index contributed by atoms with van der Waals surface area (Å²) in [7, 11) is 3.67. The fraction of sp³-hybridized carbons (Fsp3) is 0.474. The first-order chi connectivity index (χ1) is 12.8. The number of aryl methyl sites for hydroxylation is 1. The monoisotopic (exact) mass is 378 g/mol. The van der Waals surface area contributed by atoms with Crippen LogP contribution in [-0.4, -0.2) is 56.3 Å². The van der Waals surface area contributed by atoms with Crippen molar-refractivity contribution >= 4 is 5.91 Å². The van der Waals surface area contributed by atoms with Crippen LogP contribution >= 0.6 is 0 Å². The van der Waals surface area contributed by atoms with E-state index in [9.17, 15) is 18.7 Å². The minimum Gasteiger partial charge on any atom is -0.379 e. The van der Waals surface area contributed by atoms with Crippen molar-refractivity contribution in [3.63, 3.8) is 0 Å². The van der Waals surface area contributed by atoms with E-state index in [-0.39, 0.29) is 19.0 Å². The summed E-state index contributed by atoms with van der Waals surface area (Å²) in [5.74, 6) is -2.24. The maximum atomic E-state index is 13.4. The lowest BCUT2D eigenvalue weighted by Crippen LogP contribution is -2.57. The van der Waals surface area contributed by atoms with Crippen molar-refractivity contribution in [1.29, 1.82) is 0 Å². The summed E-state index contributed by atoms with van der Waals surface area (Å²) in [5.41, 5.74) is -0.00550. The molecule has 0 spiro atoms. The molecule has 0 saturated carbocycles. The van der Waals surface area contributed by atoms with Gasteiger partial charge in [-0.15, -0.1) is 0 Å². The van der Waals surface area contributed by atoms with Gasteiger partial charge in [-0.05, 0) is 37.6 Å². The largest absolute Gasteiger partial charge is 0.379 e. The second kappa shape index (κ2) is 7.74. The molecule has 1 N–H and O–H groups in total. The zero-order valence-electron chi connectivity index (χ0n) is 15.5. The van der Waals surface area contributed by atoms with E-state index in [1.807, 2.05) is 25.2 Å². The number of aromatic nitrogens is 2. The van der Waals surface area contributed by atoms with Crippen molar-refractivity contribution in [2.24, 2.45) is 7.05 Å². The van der Waals surface area contributed by atoms with Crippen LogP contribution in [0.1, 0.15) is 24.0 Å². The number of likely N-dealkylation sites (N-methyl/N-ethyl adjacent to an activating group) is 1. The van der Waals surface area contributed by atoms with Gasteiger partial charge in [0.25, 0.3) is 5.91 Å². The minimum atomic E-state index is -1.49. The number of benzene rings is 1. The standard InChI is InChI=1S/C19H24F2N4O2/c1-23(10-15-9-22-24(2)11-15)13-19(27)6-3-7-25(18(19)26)12-14-4-5-16(20)17(21)8-14/h4-5,8-9,11,27H,3,6-7,10,12-13H2,1-2H3/t19-/m0/s1. The number of amides is 1. The van der Waals surface area contributed by atoms with Crippen LogP contribution in [0.15, 0.2) is 30.6 Å². The van der Waals surface area contributed by atoms with Gasteiger partial charge in [0.1, 0.15) is 0 Å². The number of halogens is 2. The quantitative estimate of drug-likeness (QED) is 0.831. The van der Waals surface area contributed by atoms with Crippen LogP contribution in [0, 0.1) is 11.6 Å². The Kier molecular flexibility index (Phi) is 5.57. The molecule has 1 aliphatic rings. The van der Waals surface area contributed by atoms with E-state index in [0.717, 1.165) is 17.7 Å². The maximum absolute atomic E-state index is 13.4. The summed E-state index contributed by atoms with van der Waals surface area (Å²) in [4.78, 5) is 16.3. The third-order valence-electron chi connectivity index (χ3n) is 4.80. The highest BCUT2D eigenvalue weighted by molar-refractivity contribution is 5.86. The van der Waals surface area contributed by atoms with Crippen molar-refractivity contribution in [2.45, 2.75) is 31.5 Å².